The van der Waals surface area contributed by atoms with Gasteiger partial charge in [0.05, 0.1) is 11.8 Å². The number of aromatic nitrogens is 6. The number of carbonyl (C=O) groups excluding carboxylic acids is 1. The number of phenolic OH excluding ortho intramolecular Hbond substituents is 1. The number of fused-ring (bicyclic) bond motifs is 2. The number of hydrogen-bond donors (Lipinski definition) is 3. The number of benzene rings is 3. The number of nitriles is 1. The second-order valence-electron chi connectivity index (χ2n) is 9.23. The first kappa shape index (κ1) is 25.9. The first-order valence-electron chi connectivity index (χ1n) is 12.5. The van der Waals surface area contributed by atoms with Gasteiger partial charge in [-0.3, -0.25) is 18.7 Å². The summed E-state index contributed by atoms with van der Waals surface area (Å²) in [4.78, 5) is 45.3. The molecule has 0 bridgehead atoms. The number of azo groups is 1. The summed E-state index contributed by atoms with van der Waals surface area (Å²) in [5.41, 5.74) is -0.532. The molecule has 6 rings (SSSR count). The van der Waals surface area contributed by atoms with E-state index in [-0.39, 0.29) is 39.7 Å². The van der Waals surface area contributed by atoms with Crippen LogP contribution >= 0.6 is 0 Å². The lowest BCUT2D eigenvalue weighted by molar-refractivity contribution is 0.102. The summed E-state index contributed by atoms with van der Waals surface area (Å²) in [5.74, 6) is -1.04. The van der Waals surface area contributed by atoms with Gasteiger partial charge in [0, 0.05) is 25.2 Å². The molecule has 3 N–H and O–H groups in total. The topological polar surface area (TPSA) is 188 Å². The number of nitrogens with zero attached hydrogens (tertiary/aromatic N) is 8. The number of aryl methyl sites for hydroxylation is 1. The Bertz CT molecular complexity index is 2230. The number of nitrogens with one attached hydrogen (secondary N) is 2. The van der Waals surface area contributed by atoms with Crippen molar-refractivity contribution in [1.29, 1.82) is 5.26 Å². The SMILES string of the molecule is Cn1c(=O)c2nc(-n3ncc(C#N)c3/N=N/c3c(O)c(C(=O)Nc4ccccc4)cc4ccccc34)[nH]c2n(C)c1=O. The number of imidazole rings is 1. The molecule has 0 aliphatic rings. The zero-order valence-corrected chi connectivity index (χ0v) is 22.1. The Kier molecular flexibility index (Phi) is 6.16. The van der Waals surface area contributed by atoms with Crippen molar-refractivity contribution >= 4 is 45.0 Å². The summed E-state index contributed by atoms with van der Waals surface area (Å²) < 4.78 is 3.29. The van der Waals surface area contributed by atoms with Gasteiger partial charge in [-0.1, -0.05) is 42.5 Å². The van der Waals surface area contributed by atoms with Crippen LogP contribution in [-0.2, 0) is 14.1 Å². The van der Waals surface area contributed by atoms with Crippen LogP contribution in [0.2, 0.25) is 0 Å². The third kappa shape index (κ3) is 4.18. The molecule has 14 heteroatoms. The number of amides is 1. The van der Waals surface area contributed by atoms with Crippen molar-refractivity contribution in [2.75, 3.05) is 5.32 Å². The Morgan fingerprint density at radius 3 is 2.55 bits per heavy atom. The Balaban J connectivity index is 1.48. The zero-order chi connectivity index (χ0) is 29.5. The number of phenols is 1. The van der Waals surface area contributed by atoms with Crippen molar-refractivity contribution < 1.29 is 9.90 Å². The molecule has 0 radical (unpaired) electrons. The molecule has 14 nitrogen and oxygen atoms in total. The van der Waals surface area contributed by atoms with Crippen molar-refractivity contribution in [1.82, 2.24) is 28.9 Å². The van der Waals surface area contributed by atoms with Crippen LogP contribution in [-0.4, -0.2) is 39.9 Å². The van der Waals surface area contributed by atoms with Gasteiger partial charge in [-0.2, -0.15) is 15.0 Å². The normalized spacial score (nSPS) is 11.4. The van der Waals surface area contributed by atoms with Crippen LogP contribution in [0.25, 0.3) is 27.9 Å². The van der Waals surface area contributed by atoms with E-state index in [0.717, 1.165) is 9.25 Å². The van der Waals surface area contributed by atoms with Crippen molar-refractivity contribution in [2.45, 2.75) is 0 Å². The highest BCUT2D eigenvalue weighted by Crippen LogP contribution is 2.40. The standard InChI is InChI=1S/C28H20N10O4/c1-36-24-21(26(41)37(2)28(36)42)32-27(33-24)38-23(16(13-29)14-30-38)35-34-20-18-11-7-6-8-15(18)12-19(22(20)39)25(40)31-17-9-4-3-5-10-17/h3-12,14,39H,1-2H3,(H,31,40)(H,32,33)/b35-34+. The maximum absolute atomic E-state index is 13.1. The van der Waals surface area contributed by atoms with Gasteiger partial charge in [-0.05, 0) is 23.6 Å². The maximum atomic E-state index is 13.1. The molecule has 0 aliphatic carbocycles. The lowest BCUT2D eigenvalue weighted by Crippen LogP contribution is -2.36. The first-order chi connectivity index (χ1) is 20.3. The van der Waals surface area contributed by atoms with Crippen LogP contribution in [0.1, 0.15) is 15.9 Å². The number of carbonyl (C=O) groups is 1. The number of anilines is 1. The smallest absolute Gasteiger partial charge is 0.332 e. The van der Waals surface area contributed by atoms with Gasteiger partial charge in [0.2, 0.25) is 5.95 Å². The molecule has 0 atom stereocenters. The van der Waals surface area contributed by atoms with Crippen LogP contribution in [0.5, 0.6) is 5.75 Å². The molecule has 206 valence electrons. The van der Waals surface area contributed by atoms with E-state index in [1.807, 2.05) is 12.1 Å². The summed E-state index contributed by atoms with van der Waals surface area (Å²) in [6.07, 6.45) is 1.24. The van der Waals surface area contributed by atoms with E-state index in [2.05, 4.69) is 30.6 Å². The fourth-order valence-corrected chi connectivity index (χ4v) is 4.49. The van der Waals surface area contributed by atoms with Crippen LogP contribution in [0, 0.1) is 11.3 Å². The lowest BCUT2D eigenvalue weighted by Gasteiger charge is -2.11. The van der Waals surface area contributed by atoms with E-state index in [4.69, 9.17) is 0 Å². The summed E-state index contributed by atoms with van der Waals surface area (Å²) in [6, 6.07) is 19.3. The van der Waals surface area contributed by atoms with E-state index in [9.17, 15) is 24.8 Å². The molecule has 0 unspecified atom stereocenters. The largest absolute Gasteiger partial charge is 0.505 e. The van der Waals surface area contributed by atoms with Gasteiger partial charge in [0.15, 0.2) is 17.1 Å². The highest BCUT2D eigenvalue weighted by molar-refractivity contribution is 6.11. The Morgan fingerprint density at radius 2 is 1.79 bits per heavy atom. The van der Waals surface area contributed by atoms with Crippen molar-refractivity contribution in [2.24, 2.45) is 24.3 Å². The lowest BCUT2D eigenvalue weighted by atomic mass is 10.0. The molecule has 3 aromatic carbocycles. The van der Waals surface area contributed by atoms with Crippen molar-refractivity contribution in [3.63, 3.8) is 0 Å². The Hall–Kier alpha value is -6.36. The van der Waals surface area contributed by atoms with Crippen LogP contribution < -0.4 is 16.6 Å². The highest BCUT2D eigenvalue weighted by Gasteiger charge is 2.21. The average Bonchev–Trinajstić information content (AvgIpc) is 3.63. The molecule has 1 amide bonds. The number of H-pyrrole nitrogens is 1. The van der Waals surface area contributed by atoms with Crippen LogP contribution in [0.3, 0.4) is 0 Å². The predicted octanol–water partition coefficient (Wildman–Crippen LogP) is 3.54. The Morgan fingerprint density at radius 1 is 1.05 bits per heavy atom. The predicted molar refractivity (Wildman–Crippen MR) is 153 cm³/mol. The molecule has 3 heterocycles. The van der Waals surface area contributed by atoms with E-state index < -0.39 is 22.9 Å². The third-order valence-corrected chi connectivity index (χ3v) is 6.67. The minimum atomic E-state index is -0.617. The molecule has 0 saturated carbocycles. The zero-order valence-electron chi connectivity index (χ0n) is 22.1. The highest BCUT2D eigenvalue weighted by atomic mass is 16.3. The van der Waals surface area contributed by atoms with Crippen molar-refractivity contribution in [3.8, 4) is 17.8 Å². The molecule has 42 heavy (non-hydrogen) atoms. The molecule has 0 saturated heterocycles. The van der Waals surface area contributed by atoms with E-state index in [1.54, 1.807) is 54.6 Å². The molecule has 0 fully saturated rings. The van der Waals surface area contributed by atoms with Gasteiger partial charge in [0.1, 0.15) is 23.0 Å². The third-order valence-electron chi connectivity index (χ3n) is 6.67. The monoisotopic (exact) mass is 560 g/mol. The Labute approximate surface area is 235 Å². The second-order valence-corrected chi connectivity index (χ2v) is 9.23. The van der Waals surface area contributed by atoms with Gasteiger partial charge in [-0.25, -0.2) is 9.78 Å². The molecular formula is C28H20N10O4. The quantitative estimate of drug-likeness (QED) is 0.269. The fourth-order valence-electron chi connectivity index (χ4n) is 4.49. The molecule has 0 spiro atoms. The minimum absolute atomic E-state index is 0.00354. The summed E-state index contributed by atoms with van der Waals surface area (Å²) in [7, 11) is 2.82. The maximum Gasteiger partial charge on any atom is 0.332 e. The van der Waals surface area contributed by atoms with Gasteiger partial charge < -0.3 is 15.4 Å². The minimum Gasteiger partial charge on any atom is -0.505 e. The number of aromatic amines is 1. The summed E-state index contributed by atoms with van der Waals surface area (Å²) in [6.45, 7) is 0. The van der Waals surface area contributed by atoms with E-state index in [0.29, 0.717) is 16.5 Å². The van der Waals surface area contributed by atoms with E-state index in [1.165, 1.54) is 24.9 Å². The van der Waals surface area contributed by atoms with Crippen LogP contribution in [0.4, 0.5) is 17.2 Å². The number of aromatic hydroxyl groups is 1. The molecule has 0 aliphatic heterocycles. The molecular weight excluding hydrogens is 540 g/mol. The summed E-state index contributed by atoms with van der Waals surface area (Å²) >= 11 is 0. The second kappa shape index (κ2) is 9.99. The first-order valence-corrected chi connectivity index (χ1v) is 12.5. The average molecular weight is 561 g/mol. The number of para-hydroxylation sites is 1. The number of rotatable bonds is 5. The van der Waals surface area contributed by atoms with E-state index >= 15 is 0 Å². The van der Waals surface area contributed by atoms with Crippen molar-refractivity contribution in [3.05, 3.63) is 98.8 Å². The van der Waals surface area contributed by atoms with Gasteiger partial charge in [0.25, 0.3) is 11.5 Å². The molecule has 6 aromatic rings. The van der Waals surface area contributed by atoms with Crippen LogP contribution in [0.15, 0.2) is 86.7 Å². The molecule has 3 aromatic heterocycles. The van der Waals surface area contributed by atoms with Gasteiger partial charge in [-0.15, -0.1) is 10.2 Å². The fraction of sp³-hybridized carbons (Fsp3) is 0.0714. The summed E-state index contributed by atoms with van der Waals surface area (Å²) in [5, 5.41) is 37.4. The van der Waals surface area contributed by atoms with Gasteiger partial charge >= 0.3 is 5.69 Å². The number of hydrogen-bond acceptors (Lipinski definition) is 9.